The van der Waals surface area contributed by atoms with Crippen LogP contribution in [0.15, 0.2) is 30.6 Å². The van der Waals surface area contributed by atoms with Gasteiger partial charge in [-0.05, 0) is 24.6 Å². The minimum Gasteiger partial charge on any atom is -0.329 e. The highest BCUT2D eigenvalue weighted by Crippen LogP contribution is 2.18. The molecule has 2 heterocycles. The molecular weight excluding hydrogens is 275 g/mol. The predicted octanol–water partition coefficient (Wildman–Crippen LogP) is 1.37. The number of imide groups is 1. The molecule has 1 aliphatic rings. The van der Waals surface area contributed by atoms with Gasteiger partial charge >= 0.3 is 6.03 Å². The second-order valence-electron chi connectivity index (χ2n) is 4.77. The average molecular weight is 288 g/mol. The summed E-state index contributed by atoms with van der Waals surface area (Å²) in [5, 5.41) is 2.43. The summed E-state index contributed by atoms with van der Waals surface area (Å²) in [6.45, 7) is 1.83. The summed E-state index contributed by atoms with van der Waals surface area (Å²) < 4.78 is 15.8. The number of aryl methyl sites for hydroxylation is 1. The standard InChI is InChI=1S/C14H13FN4O2/c1-9-16-4-5-18(9)12-3-2-10(6-11(12)15)8-19-13(20)7-17-14(19)21/h2-6H,7-8H2,1H3,(H,17,21). The summed E-state index contributed by atoms with van der Waals surface area (Å²) in [5.41, 5.74) is 0.936. The normalized spacial score (nSPS) is 14.7. The number of urea groups is 1. The van der Waals surface area contributed by atoms with Crippen molar-refractivity contribution in [3.63, 3.8) is 0 Å². The lowest BCUT2D eigenvalue weighted by Gasteiger charge is -2.13. The molecule has 21 heavy (non-hydrogen) atoms. The Morgan fingerprint density at radius 3 is 2.76 bits per heavy atom. The number of nitrogens with one attached hydrogen (secondary N) is 1. The molecule has 108 valence electrons. The van der Waals surface area contributed by atoms with Gasteiger partial charge in [0.1, 0.15) is 11.6 Å². The second kappa shape index (κ2) is 5.01. The van der Waals surface area contributed by atoms with E-state index in [0.29, 0.717) is 17.1 Å². The molecule has 1 saturated heterocycles. The van der Waals surface area contributed by atoms with Crippen molar-refractivity contribution in [3.8, 4) is 5.69 Å². The topological polar surface area (TPSA) is 67.2 Å². The number of hydrogen-bond acceptors (Lipinski definition) is 3. The first-order valence-corrected chi connectivity index (χ1v) is 6.43. The van der Waals surface area contributed by atoms with Crippen LogP contribution in [0.3, 0.4) is 0 Å². The second-order valence-corrected chi connectivity index (χ2v) is 4.77. The molecule has 0 unspecified atom stereocenters. The van der Waals surface area contributed by atoms with E-state index in [-0.39, 0.29) is 19.0 Å². The average Bonchev–Trinajstić information content (AvgIpc) is 3.00. The van der Waals surface area contributed by atoms with E-state index in [1.807, 2.05) is 0 Å². The Morgan fingerprint density at radius 1 is 1.38 bits per heavy atom. The molecule has 6 nitrogen and oxygen atoms in total. The van der Waals surface area contributed by atoms with Crippen LogP contribution in [0.2, 0.25) is 0 Å². The van der Waals surface area contributed by atoms with Gasteiger partial charge < -0.3 is 9.88 Å². The van der Waals surface area contributed by atoms with Crippen LogP contribution in [0.4, 0.5) is 9.18 Å². The predicted molar refractivity (Wildman–Crippen MR) is 72.2 cm³/mol. The Bertz CT molecular complexity index is 710. The lowest BCUT2D eigenvalue weighted by atomic mass is 10.2. The molecule has 1 aromatic heterocycles. The lowest BCUT2D eigenvalue weighted by molar-refractivity contribution is -0.125. The summed E-state index contributed by atoms with van der Waals surface area (Å²) in [4.78, 5) is 28.1. The van der Waals surface area contributed by atoms with Crippen LogP contribution in [0.5, 0.6) is 0 Å². The zero-order valence-corrected chi connectivity index (χ0v) is 11.3. The molecule has 0 atom stereocenters. The third-order valence-electron chi connectivity index (χ3n) is 3.38. The quantitative estimate of drug-likeness (QED) is 0.867. The number of amides is 3. The molecule has 2 aromatic rings. The van der Waals surface area contributed by atoms with Gasteiger partial charge in [0.25, 0.3) is 0 Å². The summed E-state index contributed by atoms with van der Waals surface area (Å²) in [6.07, 6.45) is 3.26. The molecule has 1 aromatic carbocycles. The maximum absolute atomic E-state index is 14.2. The number of carbonyl (C=O) groups excluding carboxylic acids is 2. The van der Waals surface area contributed by atoms with Crippen molar-refractivity contribution in [1.29, 1.82) is 0 Å². The maximum atomic E-state index is 14.2. The Balaban J connectivity index is 1.86. The maximum Gasteiger partial charge on any atom is 0.324 e. The molecule has 1 aliphatic heterocycles. The summed E-state index contributed by atoms with van der Waals surface area (Å²) in [7, 11) is 0. The molecule has 7 heteroatoms. The molecule has 3 rings (SSSR count). The molecule has 0 aliphatic carbocycles. The number of hydrogen-bond donors (Lipinski definition) is 1. The first-order chi connectivity index (χ1) is 10.1. The number of carbonyl (C=O) groups is 2. The fourth-order valence-electron chi connectivity index (χ4n) is 2.27. The highest BCUT2D eigenvalue weighted by Gasteiger charge is 2.28. The van der Waals surface area contributed by atoms with Crippen molar-refractivity contribution in [3.05, 3.63) is 47.8 Å². The highest BCUT2D eigenvalue weighted by molar-refractivity contribution is 6.01. The molecule has 0 radical (unpaired) electrons. The minimum atomic E-state index is -0.449. The van der Waals surface area contributed by atoms with Gasteiger partial charge in [-0.1, -0.05) is 6.07 Å². The Hall–Kier alpha value is -2.70. The van der Waals surface area contributed by atoms with Gasteiger partial charge in [-0.15, -0.1) is 0 Å². The van der Waals surface area contributed by atoms with Gasteiger partial charge in [0.05, 0.1) is 18.8 Å². The third kappa shape index (κ3) is 2.37. The molecule has 1 N–H and O–H groups in total. The van der Waals surface area contributed by atoms with Crippen LogP contribution in [-0.4, -0.2) is 32.9 Å². The molecule has 0 bridgehead atoms. The molecule has 1 fully saturated rings. The minimum absolute atomic E-state index is 0.00632. The van der Waals surface area contributed by atoms with Gasteiger partial charge in [0.2, 0.25) is 5.91 Å². The number of benzene rings is 1. The fourth-order valence-corrected chi connectivity index (χ4v) is 2.27. The first kappa shape index (κ1) is 13.3. The van der Waals surface area contributed by atoms with Crippen molar-refractivity contribution < 1.29 is 14.0 Å². The van der Waals surface area contributed by atoms with Gasteiger partial charge in [-0.2, -0.15) is 0 Å². The van der Waals surface area contributed by atoms with E-state index in [2.05, 4.69) is 10.3 Å². The highest BCUT2D eigenvalue weighted by atomic mass is 19.1. The van der Waals surface area contributed by atoms with E-state index in [0.717, 1.165) is 4.90 Å². The summed E-state index contributed by atoms with van der Waals surface area (Å²) in [5.74, 6) is -0.0636. The summed E-state index contributed by atoms with van der Waals surface area (Å²) >= 11 is 0. The van der Waals surface area contributed by atoms with E-state index in [4.69, 9.17) is 0 Å². The van der Waals surface area contributed by atoms with E-state index in [1.165, 1.54) is 6.07 Å². The zero-order valence-electron chi connectivity index (χ0n) is 11.3. The zero-order chi connectivity index (χ0) is 15.0. The number of halogens is 1. The van der Waals surface area contributed by atoms with Crippen molar-refractivity contribution in [1.82, 2.24) is 19.8 Å². The van der Waals surface area contributed by atoms with Gasteiger partial charge in [-0.25, -0.2) is 14.2 Å². The molecular formula is C14H13FN4O2. The van der Waals surface area contributed by atoms with E-state index >= 15 is 0 Å². The van der Waals surface area contributed by atoms with E-state index < -0.39 is 11.8 Å². The van der Waals surface area contributed by atoms with Crippen molar-refractivity contribution in [2.45, 2.75) is 13.5 Å². The van der Waals surface area contributed by atoms with Crippen LogP contribution in [0.1, 0.15) is 11.4 Å². The van der Waals surface area contributed by atoms with Crippen LogP contribution in [-0.2, 0) is 11.3 Å². The van der Waals surface area contributed by atoms with Crippen molar-refractivity contribution in [2.24, 2.45) is 0 Å². The molecule has 0 saturated carbocycles. The SMILES string of the molecule is Cc1nccn1-c1ccc(CN2C(=O)CNC2=O)cc1F. The van der Waals surface area contributed by atoms with Gasteiger partial charge in [0, 0.05) is 12.4 Å². The Labute approximate surface area is 120 Å². The van der Waals surface area contributed by atoms with Crippen molar-refractivity contribution in [2.75, 3.05) is 6.54 Å². The van der Waals surface area contributed by atoms with E-state index in [1.54, 1.807) is 36.0 Å². The fraction of sp³-hybridized carbons (Fsp3) is 0.214. The lowest BCUT2D eigenvalue weighted by Crippen LogP contribution is -2.30. The number of aromatic nitrogens is 2. The largest absolute Gasteiger partial charge is 0.329 e. The van der Waals surface area contributed by atoms with Gasteiger partial charge in [0.15, 0.2) is 0 Å². The third-order valence-corrected chi connectivity index (χ3v) is 3.38. The van der Waals surface area contributed by atoms with Crippen LogP contribution < -0.4 is 5.32 Å². The van der Waals surface area contributed by atoms with Crippen LogP contribution in [0, 0.1) is 12.7 Å². The smallest absolute Gasteiger partial charge is 0.324 e. The number of imidazole rings is 1. The Morgan fingerprint density at radius 2 is 2.19 bits per heavy atom. The Kier molecular flexibility index (Phi) is 3.17. The monoisotopic (exact) mass is 288 g/mol. The van der Waals surface area contributed by atoms with Gasteiger partial charge in [-0.3, -0.25) is 9.69 Å². The first-order valence-electron chi connectivity index (χ1n) is 6.43. The molecule has 0 spiro atoms. The van der Waals surface area contributed by atoms with E-state index in [9.17, 15) is 14.0 Å². The van der Waals surface area contributed by atoms with Crippen molar-refractivity contribution >= 4 is 11.9 Å². The summed E-state index contributed by atoms with van der Waals surface area (Å²) in [6, 6.07) is 4.18. The molecule has 3 amide bonds. The van der Waals surface area contributed by atoms with Crippen LogP contribution in [0.25, 0.3) is 5.69 Å². The number of rotatable bonds is 3. The number of nitrogens with zero attached hydrogens (tertiary/aromatic N) is 3. The van der Waals surface area contributed by atoms with Crippen LogP contribution >= 0.6 is 0 Å².